The normalized spacial score (nSPS) is 10.7. The van der Waals surface area contributed by atoms with Crippen LogP contribution in [0.5, 0.6) is 0 Å². The number of rotatable bonds is 2. The highest BCUT2D eigenvalue weighted by Crippen LogP contribution is 2.25. The van der Waals surface area contributed by atoms with Crippen LogP contribution in [0.4, 0.5) is 0 Å². The standard InChI is InChI=1S/C17H16N2S/c1-12-7-6-10-15(13(12)2)19-16(11-20-17(19)18)14-8-4-3-5-9-14/h3-11,18H,1-2H3. The van der Waals surface area contributed by atoms with Crippen molar-refractivity contribution in [1.29, 1.82) is 5.41 Å². The Labute approximate surface area is 122 Å². The van der Waals surface area contributed by atoms with E-state index in [1.54, 1.807) is 0 Å². The highest BCUT2D eigenvalue weighted by atomic mass is 32.1. The highest BCUT2D eigenvalue weighted by Gasteiger charge is 2.11. The van der Waals surface area contributed by atoms with E-state index in [-0.39, 0.29) is 0 Å². The molecule has 0 unspecified atom stereocenters. The Hall–Kier alpha value is -2.13. The molecule has 0 amide bonds. The maximum atomic E-state index is 8.23. The lowest BCUT2D eigenvalue weighted by molar-refractivity contribution is 0.972. The van der Waals surface area contributed by atoms with Crippen molar-refractivity contribution in [3.05, 3.63) is 69.8 Å². The largest absolute Gasteiger partial charge is 0.285 e. The summed E-state index contributed by atoms with van der Waals surface area (Å²) >= 11 is 1.46. The minimum atomic E-state index is 0.553. The van der Waals surface area contributed by atoms with Gasteiger partial charge in [0, 0.05) is 5.38 Å². The van der Waals surface area contributed by atoms with Crippen molar-refractivity contribution in [3.8, 4) is 16.9 Å². The molecule has 2 aromatic carbocycles. The smallest absolute Gasteiger partial charge is 0.187 e. The molecule has 0 radical (unpaired) electrons. The van der Waals surface area contributed by atoms with Crippen LogP contribution in [0.1, 0.15) is 11.1 Å². The summed E-state index contributed by atoms with van der Waals surface area (Å²) < 4.78 is 2.03. The van der Waals surface area contributed by atoms with Gasteiger partial charge in [-0.2, -0.15) is 0 Å². The fourth-order valence-corrected chi connectivity index (χ4v) is 3.12. The molecular weight excluding hydrogens is 264 g/mol. The molecule has 0 saturated heterocycles. The van der Waals surface area contributed by atoms with Crippen LogP contribution in [0.25, 0.3) is 16.9 Å². The molecular formula is C17H16N2S. The van der Waals surface area contributed by atoms with Crippen LogP contribution in [0.3, 0.4) is 0 Å². The van der Waals surface area contributed by atoms with E-state index >= 15 is 0 Å². The van der Waals surface area contributed by atoms with E-state index in [0.717, 1.165) is 16.9 Å². The summed E-state index contributed by atoms with van der Waals surface area (Å²) in [5.41, 5.74) is 5.79. The number of nitrogens with one attached hydrogen (secondary N) is 1. The van der Waals surface area contributed by atoms with Gasteiger partial charge in [0.25, 0.3) is 0 Å². The average Bonchev–Trinajstić information content (AvgIpc) is 2.85. The van der Waals surface area contributed by atoms with Gasteiger partial charge in [-0.3, -0.25) is 9.98 Å². The van der Waals surface area contributed by atoms with Gasteiger partial charge in [-0.1, -0.05) is 42.5 Å². The van der Waals surface area contributed by atoms with Crippen LogP contribution in [0, 0.1) is 19.3 Å². The van der Waals surface area contributed by atoms with Gasteiger partial charge in [0.05, 0.1) is 11.4 Å². The molecule has 0 aliphatic carbocycles. The summed E-state index contributed by atoms with van der Waals surface area (Å²) in [6, 6.07) is 16.5. The van der Waals surface area contributed by atoms with Gasteiger partial charge in [-0.25, -0.2) is 0 Å². The number of hydrogen-bond donors (Lipinski definition) is 1. The maximum Gasteiger partial charge on any atom is 0.187 e. The Morgan fingerprint density at radius 3 is 2.45 bits per heavy atom. The molecule has 0 aliphatic rings. The number of hydrogen-bond acceptors (Lipinski definition) is 2. The van der Waals surface area contributed by atoms with Crippen LogP contribution >= 0.6 is 11.3 Å². The molecule has 2 nitrogen and oxygen atoms in total. The Balaban J connectivity index is 2.28. The number of aryl methyl sites for hydroxylation is 1. The Kier molecular flexibility index (Phi) is 3.28. The van der Waals surface area contributed by atoms with Gasteiger partial charge in [0.15, 0.2) is 4.80 Å². The summed E-state index contributed by atoms with van der Waals surface area (Å²) in [6.45, 7) is 4.22. The summed E-state index contributed by atoms with van der Waals surface area (Å²) in [6.07, 6.45) is 0. The SMILES string of the molecule is Cc1cccc(-n2c(-c3ccccc3)csc2=N)c1C. The van der Waals surface area contributed by atoms with Gasteiger partial charge in [0.1, 0.15) is 0 Å². The Bertz CT molecular complexity index is 797. The fourth-order valence-electron chi connectivity index (χ4n) is 2.35. The molecule has 3 heteroatoms. The van der Waals surface area contributed by atoms with Crippen LogP contribution in [-0.2, 0) is 0 Å². The number of benzene rings is 2. The van der Waals surface area contributed by atoms with E-state index in [0.29, 0.717) is 4.80 Å². The number of nitrogens with zero attached hydrogens (tertiary/aromatic N) is 1. The summed E-state index contributed by atoms with van der Waals surface area (Å²) in [4.78, 5) is 0.553. The third-order valence-electron chi connectivity index (χ3n) is 3.61. The molecule has 3 aromatic rings. The van der Waals surface area contributed by atoms with E-state index in [1.165, 1.54) is 22.5 Å². The van der Waals surface area contributed by atoms with Gasteiger partial charge < -0.3 is 0 Å². The van der Waals surface area contributed by atoms with E-state index in [4.69, 9.17) is 5.41 Å². The van der Waals surface area contributed by atoms with Crippen molar-refractivity contribution >= 4 is 11.3 Å². The molecule has 1 heterocycles. The average molecular weight is 280 g/mol. The lowest BCUT2D eigenvalue weighted by atomic mass is 10.1. The van der Waals surface area contributed by atoms with Crippen molar-refractivity contribution < 1.29 is 0 Å². The zero-order valence-electron chi connectivity index (χ0n) is 11.6. The van der Waals surface area contributed by atoms with E-state index < -0.39 is 0 Å². The molecule has 3 rings (SSSR count). The summed E-state index contributed by atoms with van der Waals surface area (Å²) in [5, 5.41) is 10.3. The van der Waals surface area contributed by atoms with Gasteiger partial charge >= 0.3 is 0 Å². The Morgan fingerprint density at radius 1 is 0.950 bits per heavy atom. The predicted octanol–water partition coefficient (Wildman–Crippen LogP) is 4.30. The number of aromatic nitrogens is 1. The van der Waals surface area contributed by atoms with Crippen molar-refractivity contribution in [2.75, 3.05) is 0 Å². The van der Waals surface area contributed by atoms with Gasteiger partial charge in [0.2, 0.25) is 0 Å². The van der Waals surface area contributed by atoms with E-state index in [2.05, 4.69) is 49.6 Å². The predicted molar refractivity (Wildman–Crippen MR) is 84.4 cm³/mol. The van der Waals surface area contributed by atoms with E-state index in [1.807, 2.05) is 22.8 Å². The maximum absolute atomic E-state index is 8.23. The highest BCUT2D eigenvalue weighted by molar-refractivity contribution is 7.07. The summed E-state index contributed by atoms with van der Waals surface area (Å²) in [7, 11) is 0. The molecule has 0 spiro atoms. The van der Waals surface area contributed by atoms with Crippen molar-refractivity contribution in [3.63, 3.8) is 0 Å². The lowest BCUT2D eigenvalue weighted by Gasteiger charge is -2.13. The molecule has 0 atom stereocenters. The van der Waals surface area contributed by atoms with E-state index in [9.17, 15) is 0 Å². The molecule has 100 valence electrons. The molecule has 0 aliphatic heterocycles. The fraction of sp³-hybridized carbons (Fsp3) is 0.118. The second-order valence-electron chi connectivity index (χ2n) is 4.85. The van der Waals surface area contributed by atoms with Crippen molar-refractivity contribution in [1.82, 2.24) is 4.57 Å². The molecule has 0 bridgehead atoms. The molecule has 1 aromatic heterocycles. The first kappa shape index (κ1) is 12.9. The second kappa shape index (κ2) is 5.10. The van der Waals surface area contributed by atoms with Crippen LogP contribution in [0.2, 0.25) is 0 Å². The molecule has 0 fully saturated rings. The van der Waals surface area contributed by atoms with Crippen LogP contribution in [-0.4, -0.2) is 4.57 Å². The first-order chi connectivity index (χ1) is 9.68. The molecule has 20 heavy (non-hydrogen) atoms. The van der Waals surface area contributed by atoms with Crippen molar-refractivity contribution in [2.24, 2.45) is 0 Å². The monoisotopic (exact) mass is 280 g/mol. The zero-order chi connectivity index (χ0) is 14.1. The van der Waals surface area contributed by atoms with Crippen molar-refractivity contribution in [2.45, 2.75) is 13.8 Å². The lowest BCUT2D eigenvalue weighted by Crippen LogP contribution is -2.13. The quantitative estimate of drug-likeness (QED) is 0.725. The van der Waals surface area contributed by atoms with Crippen LogP contribution < -0.4 is 4.80 Å². The first-order valence-corrected chi connectivity index (χ1v) is 7.43. The third kappa shape index (κ3) is 2.10. The third-order valence-corrected chi connectivity index (χ3v) is 4.36. The molecule has 0 saturated carbocycles. The van der Waals surface area contributed by atoms with Gasteiger partial charge in [-0.05, 0) is 36.6 Å². The molecule has 1 N–H and O–H groups in total. The Morgan fingerprint density at radius 2 is 1.70 bits per heavy atom. The number of thiazole rings is 1. The zero-order valence-corrected chi connectivity index (χ0v) is 12.4. The van der Waals surface area contributed by atoms with Crippen LogP contribution in [0.15, 0.2) is 53.9 Å². The van der Waals surface area contributed by atoms with Gasteiger partial charge in [-0.15, -0.1) is 11.3 Å². The minimum absolute atomic E-state index is 0.553. The minimum Gasteiger partial charge on any atom is -0.285 e. The topological polar surface area (TPSA) is 28.8 Å². The first-order valence-electron chi connectivity index (χ1n) is 6.55. The second-order valence-corrected chi connectivity index (χ2v) is 5.70. The summed E-state index contributed by atoms with van der Waals surface area (Å²) in [5.74, 6) is 0.